The number of fused-ring (bicyclic) bond motifs is 2. The molecule has 0 unspecified atom stereocenters. The molecule has 0 radical (unpaired) electrons. The van der Waals surface area contributed by atoms with Gasteiger partial charge in [-0.3, -0.25) is 4.90 Å². The highest BCUT2D eigenvalue weighted by Gasteiger charge is 2.23. The predicted octanol–water partition coefficient (Wildman–Crippen LogP) is 2.13. The van der Waals surface area contributed by atoms with Gasteiger partial charge in [0.05, 0.1) is 10.3 Å². The van der Waals surface area contributed by atoms with Crippen molar-refractivity contribution in [2.45, 2.75) is 56.5 Å². The van der Waals surface area contributed by atoms with Crippen LogP contribution < -0.4 is 16.2 Å². The smallest absolute Gasteiger partial charge is 0.238 e. The molecule has 0 spiro atoms. The Morgan fingerprint density at radius 3 is 2.70 bits per heavy atom. The minimum atomic E-state index is -3.69. The van der Waals surface area contributed by atoms with E-state index in [0.29, 0.717) is 24.0 Å². The molecule has 1 fully saturated rings. The van der Waals surface area contributed by atoms with Gasteiger partial charge in [0, 0.05) is 31.4 Å². The van der Waals surface area contributed by atoms with Crippen LogP contribution in [0, 0.1) is 6.92 Å². The average Bonchev–Trinajstić information content (AvgIpc) is 3.23. The van der Waals surface area contributed by atoms with Crippen molar-refractivity contribution >= 4 is 32.8 Å². The van der Waals surface area contributed by atoms with Gasteiger partial charge >= 0.3 is 0 Å². The van der Waals surface area contributed by atoms with Crippen LogP contribution in [0.25, 0.3) is 11.0 Å². The summed E-state index contributed by atoms with van der Waals surface area (Å²) in [5.41, 5.74) is 11.5. The first-order valence-electron chi connectivity index (χ1n) is 11.3. The van der Waals surface area contributed by atoms with Crippen LogP contribution in [0.2, 0.25) is 0 Å². The van der Waals surface area contributed by atoms with Gasteiger partial charge in [0.25, 0.3) is 0 Å². The molecule has 0 atom stereocenters. The number of nitrogens with two attached hydrogens (primary N) is 2. The van der Waals surface area contributed by atoms with Crippen molar-refractivity contribution in [3.63, 3.8) is 0 Å². The zero-order valence-corrected chi connectivity index (χ0v) is 19.5. The van der Waals surface area contributed by atoms with Gasteiger partial charge in [-0.05, 0) is 67.9 Å². The van der Waals surface area contributed by atoms with E-state index in [0.717, 1.165) is 67.4 Å². The Balaban J connectivity index is 1.25. The third kappa shape index (κ3) is 4.50. The number of sulfonamides is 1. The van der Waals surface area contributed by atoms with Gasteiger partial charge in [-0.15, -0.1) is 0 Å². The van der Waals surface area contributed by atoms with Gasteiger partial charge in [-0.25, -0.2) is 18.5 Å². The number of likely N-dealkylation sites (tertiary alicyclic amines) is 1. The summed E-state index contributed by atoms with van der Waals surface area (Å²) >= 11 is 0. The number of hydrogen-bond acceptors (Lipinski definition) is 8. The molecule has 0 bridgehead atoms. The molecule has 174 valence electrons. The Morgan fingerprint density at radius 1 is 1.15 bits per heavy atom. The second-order valence-corrected chi connectivity index (χ2v) is 10.6. The van der Waals surface area contributed by atoms with E-state index >= 15 is 0 Å². The number of nitrogens with zero attached hydrogens (tertiary/aromatic N) is 4. The van der Waals surface area contributed by atoms with E-state index in [9.17, 15) is 8.42 Å². The second kappa shape index (κ2) is 8.51. The maximum absolute atomic E-state index is 11.6. The van der Waals surface area contributed by atoms with E-state index < -0.39 is 10.0 Å². The third-order valence-electron chi connectivity index (χ3n) is 6.73. The molecule has 33 heavy (non-hydrogen) atoms. The quantitative estimate of drug-likeness (QED) is 0.518. The number of aryl methyl sites for hydroxylation is 2. The zero-order chi connectivity index (χ0) is 23.2. The molecule has 5 rings (SSSR count). The van der Waals surface area contributed by atoms with Crippen LogP contribution in [-0.2, 0) is 29.4 Å². The highest BCUT2D eigenvalue weighted by Crippen LogP contribution is 2.31. The highest BCUT2D eigenvalue weighted by atomic mass is 32.2. The molecule has 2 aliphatic rings. The van der Waals surface area contributed by atoms with Gasteiger partial charge in [0.15, 0.2) is 5.65 Å². The Labute approximate surface area is 193 Å². The standard InChI is InChI=1S/C23H29N7O2S/c1-14-18-6-3-7-19(18)27-22-20(14)21(24)28-23(29-22)26-16-8-10-30(11-9-16)13-15-4-2-5-17(12-15)33(25,31)32/h2,4-5,12,16H,3,6-11,13H2,1H3,(H2,25,31,32)(H3,24,26,27,28,29). The number of primary sulfonamides is 1. The van der Waals surface area contributed by atoms with Crippen LogP contribution in [0.3, 0.4) is 0 Å². The van der Waals surface area contributed by atoms with E-state index in [1.807, 2.05) is 6.07 Å². The second-order valence-electron chi connectivity index (χ2n) is 9.03. The van der Waals surface area contributed by atoms with E-state index in [-0.39, 0.29) is 10.9 Å². The first-order valence-corrected chi connectivity index (χ1v) is 12.9. The van der Waals surface area contributed by atoms with Crippen LogP contribution in [0.4, 0.5) is 11.8 Å². The largest absolute Gasteiger partial charge is 0.383 e. The summed E-state index contributed by atoms with van der Waals surface area (Å²) in [6.07, 6.45) is 5.02. The molecule has 9 nitrogen and oxygen atoms in total. The Bertz CT molecular complexity index is 1320. The number of pyridine rings is 1. The Hall–Kier alpha value is -2.82. The van der Waals surface area contributed by atoms with Crippen molar-refractivity contribution in [2.75, 3.05) is 24.1 Å². The molecule has 5 N–H and O–H groups in total. The lowest BCUT2D eigenvalue weighted by atomic mass is 10.0. The molecule has 2 aromatic heterocycles. The Kier molecular flexibility index (Phi) is 5.67. The number of nitrogen functional groups attached to an aromatic ring is 1. The minimum absolute atomic E-state index is 0.150. The van der Waals surface area contributed by atoms with Crippen molar-refractivity contribution in [1.82, 2.24) is 19.9 Å². The van der Waals surface area contributed by atoms with Crippen molar-refractivity contribution < 1.29 is 8.42 Å². The number of anilines is 2. The van der Waals surface area contributed by atoms with E-state index in [4.69, 9.17) is 20.8 Å². The highest BCUT2D eigenvalue weighted by molar-refractivity contribution is 7.89. The first kappa shape index (κ1) is 22.0. The minimum Gasteiger partial charge on any atom is -0.383 e. The van der Waals surface area contributed by atoms with E-state index in [1.54, 1.807) is 12.1 Å². The SMILES string of the molecule is Cc1c2c(nc3nc(NC4CCN(Cc5cccc(S(N)(=O)=O)c5)CC4)nc(N)c13)CCC2. The lowest BCUT2D eigenvalue weighted by Gasteiger charge is -2.32. The molecule has 1 aliphatic heterocycles. The van der Waals surface area contributed by atoms with Crippen LogP contribution in [-0.4, -0.2) is 47.4 Å². The van der Waals surface area contributed by atoms with Crippen LogP contribution in [0.1, 0.15) is 41.6 Å². The fourth-order valence-corrected chi connectivity index (χ4v) is 5.59. The number of benzene rings is 1. The molecule has 1 aliphatic carbocycles. The van der Waals surface area contributed by atoms with Crippen molar-refractivity contribution in [1.29, 1.82) is 0 Å². The molecule has 1 aromatic carbocycles. The lowest BCUT2D eigenvalue weighted by molar-refractivity contribution is 0.211. The van der Waals surface area contributed by atoms with Gasteiger partial charge in [-0.2, -0.15) is 9.97 Å². The van der Waals surface area contributed by atoms with Crippen molar-refractivity contribution in [3.05, 3.63) is 46.6 Å². The summed E-state index contributed by atoms with van der Waals surface area (Å²) in [5.74, 6) is 1.01. The van der Waals surface area contributed by atoms with E-state index in [2.05, 4.69) is 22.1 Å². The monoisotopic (exact) mass is 467 g/mol. The number of nitrogens with one attached hydrogen (secondary N) is 1. The average molecular weight is 468 g/mol. The summed E-state index contributed by atoms with van der Waals surface area (Å²) < 4.78 is 23.2. The number of piperidine rings is 1. The molecule has 0 amide bonds. The number of rotatable bonds is 5. The molecular weight excluding hydrogens is 438 g/mol. The molecule has 10 heteroatoms. The Morgan fingerprint density at radius 2 is 1.94 bits per heavy atom. The third-order valence-corrected chi connectivity index (χ3v) is 7.64. The first-order chi connectivity index (χ1) is 15.8. The maximum atomic E-state index is 11.6. The summed E-state index contributed by atoms with van der Waals surface area (Å²) in [7, 11) is -3.69. The number of hydrogen-bond donors (Lipinski definition) is 3. The topological polar surface area (TPSA) is 140 Å². The summed E-state index contributed by atoms with van der Waals surface area (Å²) in [6.45, 7) is 4.54. The summed E-state index contributed by atoms with van der Waals surface area (Å²) in [5, 5.41) is 9.58. The number of aromatic nitrogens is 3. The molecule has 3 aromatic rings. The van der Waals surface area contributed by atoms with Crippen LogP contribution >= 0.6 is 0 Å². The molecule has 0 saturated carbocycles. The van der Waals surface area contributed by atoms with Crippen molar-refractivity contribution in [2.24, 2.45) is 5.14 Å². The zero-order valence-electron chi connectivity index (χ0n) is 18.7. The van der Waals surface area contributed by atoms with Crippen LogP contribution in [0.15, 0.2) is 29.2 Å². The fourth-order valence-electron chi connectivity index (χ4n) is 5.00. The lowest BCUT2D eigenvalue weighted by Crippen LogP contribution is -2.39. The van der Waals surface area contributed by atoms with Gasteiger partial charge in [-0.1, -0.05) is 12.1 Å². The van der Waals surface area contributed by atoms with Crippen molar-refractivity contribution in [3.8, 4) is 0 Å². The summed E-state index contributed by atoms with van der Waals surface area (Å²) in [4.78, 5) is 16.5. The molecule has 1 saturated heterocycles. The summed E-state index contributed by atoms with van der Waals surface area (Å²) in [6, 6.07) is 7.07. The van der Waals surface area contributed by atoms with Gasteiger partial charge in [0.1, 0.15) is 5.82 Å². The van der Waals surface area contributed by atoms with Crippen LogP contribution in [0.5, 0.6) is 0 Å². The predicted molar refractivity (Wildman–Crippen MR) is 128 cm³/mol. The van der Waals surface area contributed by atoms with E-state index in [1.165, 1.54) is 11.6 Å². The van der Waals surface area contributed by atoms with Gasteiger partial charge in [0.2, 0.25) is 16.0 Å². The molecule has 3 heterocycles. The van der Waals surface area contributed by atoms with Gasteiger partial charge < -0.3 is 11.1 Å². The normalized spacial score (nSPS) is 17.4. The fraction of sp³-hybridized carbons (Fsp3) is 0.435. The molecular formula is C23H29N7O2S. The maximum Gasteiger partial charge on any atom is 0.238 e.